The van der Waals surface area contributed by atoms with Crippen LogP contribution in [0.5, 0.6) is 17.2 Å². The van der Waals surface area contributed by atoms with Gasteiger partial charge in [0.1, 0.15) is 12.4 Å². The average Bonchev–Trinajstić information content (AvgIpc) is 2.77. The van der Waals surface area contributed by atoms with Crippen molar-refractivity contribution in [3.63, 3.8) is 0 Å². The van der Waals surface area contributed by atoms with Gasteiger partial charge in [0.25, 0.3) is 0 Å². The van der Waals surface area contributed by atoms with Crippen LogP contribution in [0.3, 0.4) is 0 Å². The number of anilines is 1. The molecule has 4 rings (SSSR count). The van der Waals surface area contributed by atoms with E-state index in [0.29, 0.717) is 24.7 Å². The van der Waals surface area contributed by atoms with Gasteiger partial charge in [-0.05, 0) is 24.1 Å². The van der Waals surface area contributed by atoms with Gasteiger partial charge in [0.05, 0.1) is 38.2 Å². The molecule has 0 fully saturated rings. The van der Waals surface area contributed by atoms with Crippen molar-refractivity contribution in [3.8, 4) is 17.2 Å². The molecular formula is C22H25N3O4. The third-order valence-corrected chi connectivity index (χ3v) is 5.24. The summed E-state index contributed by atoms with van der Waals surface area (Å²) in [6.07, 6.45) is 2.75. The van der Waals surface area contributed by atoms with Crippen LogP contribution in [0.15, 0.2) is 36.5 Å². The van der Waals surface area contributed by atoms with E-state index in [0.717, 1.165) is 41.9 Å². The zero-order valence-electron chi connectivity index (χ0n) is 17.0. The van der Waals surface area contributed by atoms with Gasteiger partial charge in [-0.25, -0.2) is 0 Å². The lowest BCUT2D eigenvalue weighted by Crippen LogP contribution is -2.31. The fourth-order valence-corrected chi connectivity index (χ4v) is 3.75. The number of nitrogens with zero attached hydrogens (tertiary/aromatic N) is 3. The summed E-state index contributed by atoms with van der Waals surface area (Å²) >= 11 is 0. The number of benzene rings is 2. The van der Waals surface area contributed by atoms with Crippen LogP contribution in [0, 0.1) is 0 Å². The van der Waals surface area contributed by atoms with Gasteiger partial charge < -0.3 is 23.8 Å². The smallest absolute Gasteiger partial charge is 0.162 e. The monoisotopic (exact) mass is 395 g/mol. The van der Waals surface area contributed by atoms with E-state index < -0.39 is 0 Å². The van der Waals surface area contributed by atoms with Crippen LogP contribution in [0.2, 0.25) is 0 Å². The summed E-state index contributed by atoms with van der Waals surface area (Å²) in [7, 11) is 4.93. The Labute approximate surface area is 170 Å². The first kappa shape index (κ1) is 19.3. The predicted octanol–water partition coefficient (Wildman–Crippen LogP) is 3.23. The van der Waals surface area contributed by atoms with E-state index in [4.69, 9.17) is 18.9 Å². The van der Waals surface area contributed by atoms with Crippen molar-refractivity contribution in [2.75, 3.05) is 46.0 Å². The standard InChI is InChI=1S/C22H25N3O4/c1-26-9-10-29-20-6-4-5-15-7-8-25(14-17(15)20)19-13-23-24-18-12-22(28-3)21(27-2)11-16(18)19/h4-6,11-13H,7-10,14H2,1-3H3. The van der Waals surface area contributed by atoms with Gasteiger partial charge in [0.15, 0.2) is 11.5 Å². The van der Waals surface area contributed by atoms with Crippen molar-refractivity contribution in [3.05, 3.63) is 47.7 Å². The maximum atomic E-state index is 5.97. The maximum Gasteiger partial charge on any atom is 0.162 e. The van der Waals surface area contributed by atoms with Crippen molar-refractivity contribution in [2.24, 2.45) is 0 Å². The number of methoxy groups -OCH3 is 3. The molecule has 0 atom stereocenters. The fourth-order valence-electron chi connectivity index (χ4n) is 3.75. The lowest BCUT2D eigenvalue weighted by atomic mass is 9.98. The SMILES string of the molecule is COCCOc1cccc2c1CN(c1cnnc3cc(OC)c(OC)cc13)CC2. The molecule has 0 amide bonds. The Balaban J connectivity index is 1.70. The summed E-state index contributed by atoms with van der Waals surface area (Å²) in [4.78, 5) is 2.31. The van der Waals surface area contributed by atoms with E-state index in [2.05, 4.69) is 27.2 Å². The average molecular weight is 395 g/mol. The highest BCUT2D eigenvalue weighted by atomic mass is 16.5. The minimum absolute atomic E-state index is 0.531. The molecule has 0 saturated heterocycles. The van der Waals surface area contributed by atoms with Crippen molar-refractivity contribution >= 4 is 16.6 Å². The minimum Gasteiger partial charge on any atom is -0.493 e. The van der Waals surface area contributed by atoms with E-state index in [1.807, 2.05) is 24.4 Å². The van der Waals surface area contributed by atoms with E-state index in [9.17, 15) is 0 Å². The Bertz CT molecular complexity index is 1010. The maximum absolute atomic E-state index is 5.97. The van der Waals surface area contributed by atoms with Crippen LogP contribution in [0.25, 0.3) is 10.9 Å². The highest BCUT2D eigenvalue weighted by Gasteiger charge is 2.22. The second-order valence-corrected chi connectivity index (χ2v) is 6.86. The van der Waals surface area contributed by atoms with Crippen molar-refractivity contribution in [1.29, 1.82) is 0 Å². The first-order chi connectivity index (χ1) is 14.2. The zero-order chi connectivity index (χ0) is 20.2. The number of rotatable bonds is 7. The molecular weight excluding hydrogens is 370 g/mol. The Hall–Kier alpha value is -3.06. The topological polar surface area (TPSA) is 65.9 Å². The van der Waals surface area contributed by atoms with Gasteiger partial charge in [-0.3, -0.25) is 0 Å². The molecule has 7 heteroatoms. The molecule has 29 heavy (non-hydrogen) atoms. The number of fused-ring (bicyclic) bond motifs is 2. The molecule has 2 heterocycles. The van der Waals surface area contributed by atoms with Crippen molar-refractivity contribution in [1.82, 2.24) is 10.2 Å². The molecule has 0 N–H and O–H groups in total. The quantitative estimate of drug-likeness (QED) is 0.569. The van der Waals surface area contributed by atoms with Crippen LogP contribution in [-0.2, 0) is 17.7 Å². The van der Waals surface area contributed by atoms with Crippen LogP contribution in [0.4, 0.5) is 5.69 Å². The second kappa shape index (κ2) is 8.53. The van der Waals surface area contributed by atoms with Crippen molar-refractivity contribution in [2.45, 2.75) is 13.0 Å². The Morgan fingerprint density at radius 2 is 1.83 bits per heavy atom. The molecule has 0 saturated carbocycles. The summed E-state index contributed by atoms with van der Waals surface area (Å²) in [5, 5.41) is 9.49. The third kappa shape index (κ3) is 3.78. The molecule has 0 aliphatic carbocycles. The van der Waals surface area contributed by atoms with Crippen LogP contribution >= 0.6 is 0 Å². The molecule has 1 aromatic heterocycles. The lowest BCUT2D eigenvalue weighted by molar-refractivity contribution is 0.145. The third-order valence-electron chi connectivity index (χ3n) is 5.24. The summed E-state index contributed by atoms with van der Waals surface area (Å²) in [5.41, 5.74) is 4.32. The fraction of sp³-hybridized carbons (Fsp3) is 0.364. The first-order valence-corrected chi connectivity index (χ1v) is 9.60. The highest BCUT2D eigenvalue weighted by Crippen LogP contribution is 2.37. The van der Waals surface area contributed by atoms with E-state index in [-0.39, 0.29) is 0 Å². The van der Waals surface area contributed by atoms with Crippen LogP contribution in [-0.4, -0.2) is 51.3 Å². The van der Waals surface area contributed by atoms with Gasteiger partial charge in [0, 0.05) is 37.2 Å². The van der Waals surface area contributed by atoms with E-state index in [1.165, 1.54) is 11.1 Å². The summed E-state index contributed by atoms with van der Waals surface area (Å²) < 4.78 is 22.0. The molecule has 3 aromatic rings. The number of aromatic nitrogens is 2. The van der Waals surface area contributed by atoms with E-state index in [1.54, 1.807) is 21.3 Å². The summed E-state index contributed by atoms with van der Waals surface area (Å²) in [6, 6.07) is 10.1. The zero-order valence-corrected chi connectivity index (χ0v) is 17.0. The molecule has 1 aliphatic heterocycles. The van der Waals surface area contributed by atoms with Crippen LogP contribution < -0.4 is 19.1 Å². The van der Waals surface area contributed by atoms with Gasteiger partial charge in [0.2, 0.25) is 0 Å². The molecule has 7 nitrogen and oxygen atoms in total. The van der Waals surface area contributed by atoms with Crippen LogP contribution in [0.1, 0.15) is 11.1 Å². The number of hydrogen-bond donors (Lipinski definition) is 0. The predicted molar refractivity (Wildman–Crippen MR) is 111 cm³/mol. The molecule has 2 aromatic carbocycles. The molecule has 1 aliphatic rings. The number of ether oxygens (including phenoxy) is 4. The Morgan fingerprint density at radius 1 is 1.00 bits per heavy atom. The second-order valence-electron chi connectivity index (χ2n) is 6.86. The molecule has 0 unspecified atom stereocenters. The molecule has 152 valence electrons. The molecule has 0 bridgehead atoms. The van der Waals surface area contributed by atoms with Gasteiger partial charge >= 0.3 is 0 Å². The Morgan fingerprint density at radius 3 is 2.62 bits per heavy atom. The number of hydrogen-bond acceptors (Lipinski definition) is 7. The lowest BCUT2D eigenvalue weighted by Gasteiger charge is -2.32. The molecule has 0 radical (unpaired) electrons. The minimum atomic E-state index is 0.531. The summed E-state index contributed by atoms with van der Waals surface area (Å²) in [5.74, 6) is 2.23. The summed E-state index contributed by atoms with van der Waals surface area (Å²) in [6.45, 7) is 2.73. The normalized spacial score (nSPS) is 13.3. The Kier molecular flexibility index (Phi) is 5.67. The largest absolute Gasteiger partial charge is 0.493 e. The van der Waals surface area contributed by atoms with E-state index >= 15 is 0 Å². The van der Waals surface area contributed by atoms with Crippen molar-refractivity contribution < 1.29 is 18.9 Å². The highest BCUT2D eigenvalue weighted by molar-refractivity contribution is 5.93. The molecule has 0 spiro atoms. The van der Waals surface area contributed by atoms with Gasteiger partial charge in [-0.2, -0.15) is 10.2 Å². The van der Waals surface area contributed by atoms with Gasteiger partial charge in [-0.1, -0.05) is 12.1 Å². The first-order valence-electron chi connectivity index (χ1n) is 9.60. The van der Waals surface area contributed by atoms with Gasteiger partial charge in [-0.15, -0.1) is 0 Å².